The SMILES string of the molecule is CC(C)[C@H](NC(=O)[C@H](CCC(=O)O)NC(=O)[C@H](CS)NC(=O)[C@H](CCCN=C(N)N)NC(=O)[C@H](Cc1cnc[nH]1)NC(=O)[C@H](Cc1ccc(O)cc1)NC(=O)[C@H](CC(N)=O)NC(=O)[C@@H](N)CCC(=O)O)C(=O)N[C@@H](CC(=O)O)C(=O)N[C@@H](CCCCN)C(=O)O. The molecule has 0 fully saturated rings. The number of phenols is 1. The maximum absolute atomic E-state index is 14.5. The van der Waals surface area contributed by atoms with Gasteiger partial charge >= 0.3 is 23.9 Å². The van der Waals surface area contributed by atoms with Crippen LogP contribution in [0.2, 0.25) is 0 Å². The maximum atomic E-state index is 14.5. The summed E-state index contributed by atoms with van der Waals surface area (Å²) >= 11 is 4.20. The number of carbonyl (C=O) groups excluding carboxylic acids is 10. The number of aromatic amines is 1. The Labute approximate surface area is 520 Å². The first-order chi connectivity index (χ1) is 42.3. The number of imidazole rings is 1. The summed E-state index contributed by atoms with van der Waals surface area (Å²) in [5.74, 6) is -18.8. The summed E-state index contributed by atoms with van der Waals surface area (Å²) < 4.78 is 0. The predicted molar refractivity (Wildman–Crippen MR) is 318 cm³/mol. The highest BCUT2D eigenvalue weighted by Gasteiger charge is 2.37. The van der Waals surface area contributed by atoms with Crippen molar-refractivity contribution >= 4 is 102 Å². The number of H-pyrrole nitrogens is 1. The summed E-state index contributed by atoms with van der Waals surface area (Å²) in [6, 6.07) is -11.3. The number of aromatic nitrogens is 2. The van der Waals surface area contributed by atoms with Gasteiger partial charge in [-0.25, -0.2) is 9.78 Å². The Morgan fingerprint density at radius 2 is 1.01 bits per heavy atom. The van der Waals surface area contributed by atoms with Crippen molar-refractivity contribution in [2.45, 2.75) is 158 Å². The average molecular weight is 1290 g/mol. The molecule has 0 spiro atoms. The number of carboxylic acids is 4. The Kier molecular flexibility index (Phi) is 33.4. The number of amides is 10. The van der Waals surface area contributed by atoms with E-state index in [1.807, 2.05) is 0 Å². The molecule has 0 radical (unpaired) electrons. The van der Waals surface area contributed by atoms with Gasteiger partial charge in [0, 0.05) is 49.9 Å². The van der Waals surface area contributed by atoms with Crippen molar-refractivity contribution in [1.82, 2.24) is 57.8 Å². The fraction of sp³-hybridized carbons (Fsp3) is 0.547. The van der Waals surface area contributed by atoms with Gasteiger partial charge in [0.1, 0.15) is 60.1 Å². The van der Waals surface area contributed by atoms with E-state index in [1.165, 1.54) is 50.6 Å². The zero-order valence-corrected chi connectivity index (χ0v) is 50.2. The van der Waals surface area contributed by atoms with Crippen molar-refractivity contribution < 1.29 is 92.7 Å². The fourth-order valence-electron chi connectivity index (χ4n) is 8.32. The Balaban J connectivity index is 2.53. The van der Waals surface area contributed by atoms with Gasteiger partial charge in [0.25, 0.3) is 0 Å². The number of aliphatic imine (C=N–C) groups is 1. The second-order valence-electron chi connectivity index (χ2n) is 20.9. The van der Waals surface area contributed by atoms with E-state index in [0.717, 1.165) is 0 Å². The molecule has 2 aromatic rings. The molecular weight excluding hydrogens is 1210 g/mol. The molecule has 10 amide bonds. The lowest BCUT2D eigenvalue weighted by Crippen LogP contribution is -2.61. The summed E-state index contributed by atoms with van der Waals surface area (Å²) in [5.41, 5.74) is 28.3. The third-order valence-corrected chi connectivity index (χ3v) is 13.5. The third kappa shape index (κ3) is 28.9. The number of aromatic hydroxyl groups is 1. The molecular formula is C53H81N17O19S. The number of nitrogens with one attached hydrogen (secondary N) is 10. The van der Waals surface area contributed by atoms with E-state index >= 15 is 0 Å². The number of hydrogen-bond donors (Lipinski definition) is 21. The zero-order valence-electron chi connectivity index (χ0n) is 49.3. The topological polar surface area (TPSA) is 620 Å². The smallest absolute Gasteiger partial charge is 0.326 e. The number of nitrogens with zero attached hydrogens (tertiary/aromatic N) is 2. The molecule has 25 N–H and O–H groups in total. The first kappa shape index (κ1) is 76.4. The summed E-state index contributed by atoms with van der Waals surface area (Å²) in [4.78, 5) is 194. The number of nitrogens with two attached hydrogens (primary N) is 5. The van der Waals surface area contributed by atoms with Crippen molar-refractivity contribution in [1.29, 1.82) is 0 Å². The Bertz CT molecular complexity index is 2840. The lowest BCUT2D eigenvalue weighted by molar-refractivity contribution is -0.144. The fourth-order valence-corrected chi connectivity index (χ4v) is 8.58. The quantitative estimate of drug-likeness (QED) is 0.0127. The maximum Gasteiger partial charge on any atom is 0.326 e. The minimum absolute atomic E-state index is 0.0262. The normalized spacial score (nSPS) is 14.3. The lowest BCUT2D eigenvalue weighted by Gasteiger charge is -2.28. The zero-order chi connectivity index (χ0) is 67.8. The number of rotatable bonds is 43. The molecule has 498 valence electrons. The minimum Gasteiger partial charge on any atom is -0.508 e. The van der Waals surface area contributed by atoms with Gasteiger partial charge in [0.2, 0.25) is 59.1 Å². The summed E-state index contributed by atoms with van der Waals surface area (Å²) in [6.07, 6.45) is -2.05. The van der Waals surface area contributed by atoms with Gasteiger partial charge in [-0.05, 0) is 75.1 Å². The highest BCUT2D eigenvalue weighted by atomic mass is 32.1. The van der Waals surface area contributed by atoms with Gasteiger partial charge in [0.15, 0.2) is 5.96 Å². The number of thiol groups is 1. The van der Waals surface area contributed by atoms with Crippen molar-refractivity contribution in [2.75, 3.05) is 18.8 Å². The molecule has 0 unspecified atom stereocenters. The number of hydrogen-bond acceptors (Lipinski definition) is 20. The summed E-state index contributed by atoms with van der Waals surface area (Å²) in [5, 5.41) is 69.1. The number of carbonyl (C=O) groups is 14. The minimum atomic E-state index is -1.87. The molecule has 36 nitrogen and oxygen atoms in total. The molecule has 1 heterocycles. The van der Waals surface area contributed by atoms with E-state index in [4.69, 9.17) is 33.8 Å². The third-order valence-electron chi connectivity index (χ3n) is 13.2. The molecule has 90 heavy (non-hydrogen) atoms. The predicted octanol–water partition coefficient (Wildman–Crippen LogP) is -6.48. The number of phenolic OH excluding ortho intramolecular Hbond substituents is 1. The van der Waals surface area contributed by atoms with Gasteiger partial charge < -0.3 is 107 Å². The monoisotopic (exact) mass is 1290 g/mol. The van der Waals surface area contributed by atoms with E-state index in [1.54, 1.807) is 0 Å². The van der Waals surface area contributed by atoms with E-state index in [2.05, 4.69) is 75.4 Å². The standard InChI is InChI=1S/C53H81N17O19S/c1-25(2)42(51(87)68-36(21-41(77)78)49(85)64-32(52(88)89)6-3-4-16-54)70-45(81)31(13-15-40(75)76)63-50(86)37(23-90)69-44(80)30(7-5-17-60-53(57)58)62-47(83)34(19-27-22-59-24-61-27)67-46(82)33(18-26-8-10-28(71)11-9-26)66-48(84)35(20-38(56)72)65-43(79)29(55)12-14-39(73)74/h8-11,22,24-25,29-37,42,71,90H,3-7,12-21,23,54-55H2,1-2H3,(H2,56,72)(H,59,61)(H,62,83)(H,63,86)(H,64,85)(H,65,79)(H,66,84)(H,67,82)(H,68,87)(H,69,80)(H,70,81)(H,73,74)(H,75,76)(H,77,78)(H,88,89)(H4,57,58,60)/t29-,30-,31-,32-,33-,34-,35-,36-,37-,42-/m0/s1. The molecule has 0 saturated carbocycles. The summed E-state index contributed by atoms with van der Waals surface area (Å²) in [7, 11) is 0. The van der Waals surface area contributed by atoms with Crippen LogP contribution in [0.5, 0.6) is 5.75 Å². The van der Waals surface area contributed by atoms with Crippen LogP contribution < -0.4 is 76.5 Å². The van der Waals surface area contributed by atoms with Gasteiger partial charge in [-0.2, -0.15) is 12.6 Å². The molecule has 1 aromatic carbocycles. The van der Waals surface area contributed by atoms with E-state index in [0.29, 0.717) is 12.0 Å². The van der Waals surface area contributed by atoms with Crippen LogP contribution in [0.1, 0.15) is 95.7 Å². The van der Waals surface area contributed by atoms with Gasteiger partial charge in [-0.15, -0.1) is 0 Å². The first-order valence-electron chi connectivity index (χ1n) is 28.1. The van der Waals surface area contributed by atoms with Gasteiger partial charge in [-0.3, -0.25) is 67.3 Å². The van der Waals surface area contributed by atoms with Crippen LogP contribution in [0.4, 0.5) is 0 Å². The number of primary amides is 1. The summed E-state index contributed by atoms with van der Waals surface area (Å²) in [6.45, 7) is 2.99. The molecule has 10 atom stereocenters. The number of unbranched alkanes of at least 4 members (excludes halogenated alkanes) is 1. The van der Waals surface area contributed by atoms with E-state index < -0.39 is 187 Å². The Morgan fingerprint density at radius 1 is 0.544 bits per heavy atom. The second-order valence-corrected chi connectivity index (χ2v) is 21.2. The van der Waals surface area contributed by atoms with Crippen LogP contribution in [0.15, 0.2) is 41.8 Å². The molecule has 0 aliphatic rings. The molecule has 0 saturated heterocycles. The first-order valence-corrected chi connectivity index (χ1v) is 28.8. The highest BCUT2D eigenvalue weighted by Crippen LogP contribution is 2.14. The lowest BCUT2D eigenvalue weighted by atomic mass is 10.0. The van der Waals surface area contributed by atoms with Crippen LogP contribution in [0, 0.1) is 5.92 Å². The van der Waals surface area contributed by atoms with Crippen LogP contribution in [0.3, 0.4) is 0 Å². The molecule has 2 rings (SSSR count). The molecule has 0 bridgehead atoms. The van der Waals surface area contributed by atoms with Crippen LogP contribution in [0.25, 0.3) is 0 Å². The number of guanidine groups is 1. The highest BCUT2D eigenvalue weighted by molar-refractivity contribution is 7.80. The molecule has 1 aromatic heterocycles. The molecule has 0 aliphatic heterocycles. The van der Waals surface area contributed by atoms with Crippen LogP contribution in [-0.4, -0.2) is 204 Å². The van der Waals surface area contributed by atoms with E-state index in [9.17, 15) is 87.5 Å². The van der Waals surface area contributed by atoms with Gasteiger partial charge in [0.05, 0.1) is 25.2 Å². The van der Waals surface area contributed by atoms with Crippen LogP contribution >= 0.6 is 12.6 Å². The van der Waals surface area contributed by atoms with Crippen LogP contribution in [-0.2, 0) is 80.0 Å². The number of aliphatic carboxylic acids is 4. The van der Waals surface area contributed by atoms with Crippen molar-refractivity contribution in [2.24, 2.45) is 39.6 Å². The van der Waals surface area contributed by atoms with Gasteiger partial charge in [-0.1, -0.05) is 26.0 Å². The van der Waals surface area contributed by atoms with Crippen molar-refractivity contribution in [3.63, 3.8) is 0 Å². The Morgan fingerprint density at radius 3 is 1.52 bits per heavy atom. The molecule has 37 heteroatoms. The van der Waals surface area contributed by atoms with E-state index in [-0.39, 0.29) is 75.4 Å². The van der Waals surface area contributed by atoms with Crippen molar-refractivity contribution in [3.05, 3.63) is 48.0 Å². The number of carboxylic acid groups (broad SMARTS) is 4. The Hall–Kier alpha value is -9.65. The largest absolute Gasteiger partial charge is 0.508 e. The molecule has 0 aliphatic carbocycles. The number of benzene rings is 1. The second kappa shape index (κ2) is 39.3. The average Bonchev–Trinajstić information content (AvgIpc) is 1.68. The van der Waals surface area contributed by atoms with Crippen molar-refractivity contribution in [3.8, 4) is 5.75 Å².